The molecule has 0 aromatic heterocycles. The van der Waals surface area contributed by atoms with Crippen molar-refractivity contribution < 1.29 is 14.3 Å². The van der Waals surface area contributed by atoms with Gasteiger partial charge in [0.15, 0.2) is 0 Å². The van der Waals surface area contributed by atoms with Crippen LogP contribution >= 0.6 is 0 Å². The van der Waals surface area contributed by atoms with Crippen molar-refractivity contribution in [1.82, 2.24) is 4.90 Å². The zero-order valence-corrected chi connectivity index (χ0v) is 13.7. The van der Waals surface area contributed by atoms with Gasteiger partial charge in [0.05, 0.1) is 12.5 Å². The highest BCUT2D eigenvalue weighted by molar-refractivity contribution is 5.84. The number of likely N-dealkylation sites (tertiary alicyclic amines) is 1. The number of piperidine rings is 1. The van der Waals surface area contributed by atoms with Crippen LogP contribution in [0.15, 0.2) is 30.3 Å². The van der Waals surface area contributed by atoms with Crippen LogP contribution in [0.2, 0.25) is 0 Å². The molecule has 0 radical (unpaired) electrons. The second kappa shape index (κ2) is 6.95. The van der Waals surface area contributed by atoms with Crippen molar-refractivity contribution in [2.24, 2.45) is 5.92 Å². The number of ether oxygens (including phenoxy) is 1. The molecule has 1 atom stereocenters. The number of hydrogen-bond acceptors (Lipinski definition) is 3. The lowest BCUT2D eigenvalue weighted by molar-refractivity contribution is -0.152. The van der Waals surface area contributed by atoms with Crippen molar-refractivity contribution in [3.8, 4) is 0 Å². The van der Waals surface area contributed by atoms with Crippen LogP contribution < -0.4 is 0 Å². The molecule has 22 heavy (non-hydrogen) atoms. The Hall–Kier alpha value is -1.84. The standard InChI is InChI=1S/C18H25NO3/c1-4-14(2)16(20)19-12-10-18(11-13-19,17(21)22-3)15-8-6-5-7-9-15/h5-9,14H,4,10-13H2,1-3H3. The number of carbonyl (C=O) groups excluding carboxylic acids is 2. The molecule has 1 aromatic carbocycles. The molecule has 1 aromatic rings. The van der Waals surface area contributed by atoms with E-state index in [1.54, 1.807) is 0 Å². The largest absolute Gasteiger partial charge is 0.468 e. The molecule has 1 heterocycles. The maximum absolute atomic E-state index is 12.4. The van der Waals surface area contributed by atoms with Gasteiger partial charge >= 0.3 is 5.97 Å². The van der Waals surface area contributed by atoms with E-state index >= 15 is 0 Å². The Labute approximate surface area is 132 Å². The van der Waals surface area contributed by atoms with E-state index in [1.165, 1.54) is 7.11 Å². The summed E-state index contributed by atoms with van der Waals surface area (Å²) in [6.45, 7) is 5.19. The Bertz CT molecular complexity index is 518. The SMILES string of the molecule is CCC(C)C(=O)N1CCC(C(=O)OC)(c2ccccc2)CC1. The second-order valence-electron chi connectivity index (χ2n) is 6.07. The predicted molar refractivity (Wildman–Crippen MR) is 85.4 cm³/mol. The first-order valence-electron chi connectivity index (χ1n) is 7.98. The van der Waals surface area contributed by atoms with Crippen molar-refractivity contribution in [2.75, 3.05) is 20.2 Å². The Balaban J connectivity index is 2.19. The number of carbonyl (C=O) groups is 2. The first-order chi connectivity index (χ1) is 10.5. The van der Waals surface area contributed by atoms with Gasteiger partial charge in [0.1, 0.15) is 0 Å². The van der Waals surface area contributed by atoms with Gasteiger partial charge in [-0.05, 0) is 24.8 Å². The third kappa shape index (κ3) is 3.01. The van der Waals surface area contributed by atoms with Gasteiger partial charge < -0.3 is 9.64 Å². The summed E-state index contributed by atoms with van der Waals surface area (Å²) in [7, 11) is 1.43. The lowest BCUT2D eigenvalue weighted by Gasteiger charge is -2.40. The normalized spacial score (nSPS) is 18.6. The first kappa shape index (κ1) is 16.5. The molecule has 1 amide bonds. The highest BCUT2D eigenvalue weighted by Gasteiger charge is 2.44. The molecule has 120 valence electrons. The molecule has 0 aliphatic carbocycles. The van der Waals surface area contributed by atoms with Crippen molar-refractivity contribution in [3.05, 3.63) is 35.9 Å². The maximum Gasteiger partial charge on any atom is 0.316 e. The van der Waals surface area contributed by atoms with E-state index in [0.29, 0.717) is 25.9 Å². The number of rotatable bonds is 4. The van der Waals surface area contributed by atoms with E-state index in [2.05, 4.69) is 0 Å². The summed E-state index contributed by atoms with van der Waals surface area (Å²) in [4.78, 5) is 26.6. The quantitative estimate of drug-likeness (QED) is 0.804. The fourth-order valence-corrected chi connectivity index (χ4v) is 3.16. The number of amides is 1. The van der Waals surface area contributed by atoms with Crippen LogP contribution in [-0.4, -0.2) is 37.0 Å². The van der Waals surface area contributed by atoms with Gasteiger partial charge in [0.2, 0.25) is 5.91 Å². The van der Waals surface area contributed by atoms with E-state index in [-0.39, 0.29) is 17.8 Å². The van der Waals surface area contributed by atoms with Crippen molar-refractivity contribution in [1.29, 1.82) is 0 Å². The number of nitrogens with zero attached hydrogens (tertiary/aromatic N) is 1. The van der Waals surface area contributed by atoms with Gasteiger partial charge in [-0.3, -0.25) is 9.59 Å². The highest BCUT2D eigenvalue weighted by atomic mass is 16.5. The fraction of sp³-hybridized carbons (Fsp3) is 0.556. The zero-order chi connectivity index (χ0) is 16.2. The summed E-state index contributed by atoms with van der Waals surface area (Å²) in [5, 5.41) is 0. The van der Waals surface area contributed by atoms with Crippen molar-refractivity contribution in [2.45, 2.75) is 38.5 Å². The van der Waals surface area contributed by atoms with Crippen LogP contribution in [0.1, 0.15) is 38.7 Å². The smallest absolute Gasteiger partial charge is 0.316 e. The molecule has 1 aliphatic rings. The number of hydrogen-bond donors (Lipinski definition) is 0. The van der Waals surface area contributed by atoms with Crippen molar-refractivity contribution >= 4 is 11.9 Å². The Morgan fingerprint density at radius 2 is 1.82 bits per heavy atom. The molecule has 0 spiro atoms. The molecular formula is C18H25NO3. The summed E-state index contributed by atoms with van der Waals surface area (Å²) in [6, 6.07) is 9.77. The molecular weight excluding hydrogens is 278 g/mol. The fourth-order valence-electron chi connectivity index (χ4n) is 3.16. The summed E-state index contributed by atoms with van der Waals surface area (Å²) >= 11 is 0. The minimum absolute atomic E-state index is 0.0438. The maximum atomic E-state index is 12.4. The van der Waals surface area contributed by atoms with Crippen LogP contribution in [-0.2, 0) is 19.7 Å². The molecule has 0 bridgehead atoms. The van der Waals surface area contributed by atoms with Crippen molar-refractivity contribution in [3.63, 3.8) is 0 Å². The van der Waals surface area contributed by atoms with Crippen LogP contribution in [0.25, 0.3) is 0 Å². The minimum atomic E-state index is -0.623. The van der Waals surface area contributed by atoms with Gasteiger partial charge in [-0.2, -0.15) is 0 Å². The molecule has 1 saturated heterocycles. The average molecular weight is 303 g/mol. The lowest BCUT2D eigenvalue weighted by atomic mass is 9.72. The molecule has 0 saturated carbocycles. The molecule has 2 rings (SSSR count). The Morgan fingerprint density at radius 3 is 2.32 bits per heavy atom. The van der Waals surface area contributed by atoms with E-state index < -0.39 is 5.41 Å². The third-order valence-electron chi connectivity index (χ3n) is 4.87. The summed E-state index contributed by atoms with van der Waals surface area (Å²) in [5.74, 6) is 0.0331. The van der Waals surface area contributed by atoms with Crippen LogP contribution in [0.3, 0.4) is 0 Å². The molecule has 1 fully saturated rings. The third-order valence-corrected chi connectivity index (χ3v) is 4.87. The Kier molecular flexibility index (Phi) is 5.22. The van der Waals surface area contributed by atoms with E-state index in [1.807, 2.05) is 49.1 Å². The topological polar surface area (TPSA) is 46.6 Å². The number of benzene rings is 1. The minimum Gasteiger partial charge on any atom is -0.468 e. The first-order valence-corrected chi connectivity index (χ1v) is 7.98. The van der Waals surface area contributed by atoms with E-state index in [4.69, 9.17) is 4.74 Å². The molecule has 4 nitrogen and oxygen atoms in total. The average Bonchev–Trinajstić information content (AvgIpc) is 2.60. The van der Waals surface area contributed by atoms with Gasteiger partial charge in [0.25, 0.3) is 0 Å². The van der Waals surface area contributed by atoms with E-state index in [9.17, 15) is 9.59 Å². The van der Waals surface area contributed by atoms with Crippen LogP contribution in [0, 0.1) is 5.92 Å². The zero-order valence-electron chi connectivity index (χ0n) is 13.7. The summed E-state index contributed by atoms with van der Waals surface area (Å²) in [6.07, 6.45) is 2.08. The van der Waals surface area contributed by atoms with Gasteiger partial charge in [-0.1, -0.05) is 44.2 Å². The Morgan fingerprint density at radius 1 is 1.23 bits per heavy atom. The second-order valence-corrected chi connectivity index (χ2v) is 6.07. The van der Waals surface area contributed by atoms with Crippen LogP contribution in [0.4, 0.5) is 0 Å². The molecule has 1 aliphatic heterocycles. The number of esters is 1. The summed E-state index contributed by atoms with van der Waals surface area (Å²) < 4.78 is 5.07. The molecule has 1 unspecified atom stereocenters. The monoisotopic (exact) mass is 303 g/mol. The van der Waals surface area contributed by atoms with Gasteiger partial charge in [-0.25, -0.2) is 0 Å². The lowest BCUT2D eigenvalue weighted by Crippen LogP contribution is -2.50. The molecule has 4 heteroatoms. The highest BCUT2D eigenvalue weighted by Crippen LogP contribution is 2.37. The molecule has 0 N–H and O–H groups in total. The van der Waals surface area contributed by atoms with Crippen LogP contribution in [0.5, 0.6) is 0 Å². The summed E-state index contributed by atoms with van der Waals surface area (Å²) in [5.41, 5.74) is 0.361. The van der Waals surface area contributed by atoms with Gasteiger partial charge in [-0.15, -0.1) is 0 Å². The van der Waals surface area contributed by atoms with E-state index in [0.717, 1.165) is 12.0 Å². The predicted octanol–water partition coefficient (Wildman–Crippen LogP) is 2.77. The number of methoxy groups -OCH3 is 1. The van der Waals surface area contributed by atoms with Gasteiger partial charge in [0, 0.05) is 19.0 Å².